The van der Waals surface area contributed by atoms with Gasteiger partial charge in [-0.05, 0) is 36.5 Å². The molecule has 3 nitrogen and oxygen atoms in total. The van der Waals surface area contributed by atoms with E-state index >= 15 is 0 Å². The summed E-state index contributed by atoms with van der Waals surface area (Å²) in [5, 5.41) is 10.3. The van der Waals surface area contributed by atoms with Crippen LogP contribution in [0.25, 0.3) is 0 Å². The first-order valence-corrected chi connectivity index (χ1v) is 13.3. The third kappa shape index (κ3) is 12.5. The van der Waals surface area contributed by atoms with Crippen LogP contribution in [-0.4, -0.2) is 11.1 Å². The third-order valence-electron chi connectivity index (χ3n) is 6.30. The number of esters is 1. The van der Waals surface area contributed by atoms with E-state index < -0.39 is 0 Å². The molecule has 32 heavy (non-hydrogen) atoms. The van der Waals surface area contributed by atoms with E-state index in [1.165, 1.54) is 83.5 Å². The van der Waals surface area contributed by atoms with Crippen LogP contribution in [0, 0.1) is 6.92 Å². The van der Waals surface area contributed by atoms with Gasteiger partial charge in [-0.2, -0.15) is 0 Å². The van der Waals surface area contributed by atoms with Gasteiger partial charge in [-0.3, -0.25) is 4.79 Å². The first kappa shape index (κ1) is 28.5. The number of hydrogen-bond acceptors (Lipinski definition) is 3. The zero-order chi connectivity index (χ0) is 23.8. The fourth-order valence-corrected chi connectivity index (χ4v) is 4.20. The van der Waals surface area contributed by atoms with Crippen LogP contribution in [0.3, 0.4) is 0 Å². The van der Waals surface area contributed by atoms with Gasteiger partial charge in [-0.1, -0.05) is 118 Å². The van der Waals surface area contributed by atoms with Gasteiger partial charge in [0.15, 0.2) is 0 Å². The number of unbranched alkanes of at least 4 members (excludes halogenated alkanes) is 14. The van der Waals surface area contributed by atoms with E-state index in [9.17, 15) is 9.90 Å². The summed E-state index contributed by atoms with van der Waals surface area (Å²) in [7, 11) is 0. The Morgan fingerprint density at radius 1 is 0.781 bits per heavy atom. The maximum absolute atomic E-state index is 12.2. The molecule has 3 heteroatoms. The van der Waals surface area contributed by atoms with Gasteiger partial charge < -0.3 is 9.84 Å². The van der Waals surface area contributed by atoms with E-state index in [4.69, 9.17) is 4.74 Å². The SMILES string of the molecule is CCCCCCCCCCCCCCCCCC(=O)Oc1cc(C)c(O)c(C(C)(C)C)c1. The summed E-state index contributed by atoms with van der Waals surface area (Å²) in [5.74, 6) is 0.653. The Labute approximate surface area is 198 Å². The largest absolute Gasteiger partial charge is 0.507 e. The molecule has 0 aliphatic rings. The zero-order valence-electron chi connectivity index (χ0n) is 21.7. The van der Waals surface area contributed by atoms with Gasteiger partial charge in [0.25, 0.3) is 0 Å². The number of hydrogen-bond donors (Lipinski definition) is 1. The summed E-state index contributed by atoms with van der Waals surface area (Å²) in [6.45, 7) is 10.3. The predicted octanol–water partition coefficient (Wildman–Crippen LogP) is 9.17. The molecule has 0 heterocycles. The first-order chi connectivity index (χ1) is 15.3. The lowest BCUT2D eigenvalue weighted by molar-refractivity contribution is -0.134. The number of aryl methyl sites for hydroxylation is 1. The smallest absolute Gasteiger partial charge is 0.311 e. The summed E-state index contributed by atoms with van der Waals surface area (Å²) in [5.41, 5.74) is 1.35. The van der Waals surface area contributed by atoms with Crippen molar-refractivity contribution < 1.29 is 14.6 Å². The Hall–Kier alpha value is -1.51. The second-order valence-electron chi connectivity index (χ2n) is 10.6. The van der Waals surface area contributed by atoms with E-state index in [2.05, 4.69) is 6.92 Å². The van der Waals surface area contributed by atoms with Crippen LogP contribution in [0.2, 0.25) is 0 Å². The lowest BCUT2D eigenvalue weighted by atomic mass is 9.85. The Bertz CT molecular complexity index is 643. The van der Waals surface area contributed by atoms with Crippen molar-refractivity contribution in [2.24, 2.45) is 0 Å². The van der Waals surface area contributed by atoms with Gasteiger partial charge >= 0.3 is 5.97 Å². The molecule has 0 saturated carbocycles. The molecular formula is C29H50O3. The van der Waals surface area contributed by atoms with E-state index in [1.54, 1.807) is 12.1 Å². The standard InChI is InChI=1S/C29H50O3/c1-6-7-8-9-10-11-12-13-14-15-16-17-18-19-20-21-27(30)32-25-22-24(2)28(31)26(23-25)29(3,4)5/h22-23,31H,6-21H2,1-5H3. The number of phenolic OH excluding ortho intramolecular Hbond substituents is 1. The lowest BCUT2D eigenvalue weighted by Crippen LogP contribution is -2.13. The number of benzene rings is 1. The van der Waals surface area contributed by atoms with Gasteiger partial charge in [0.1, 0.15) is 11.5 Å². The van der Waals surface area contributed by atoms with Crippen LogP contribution < -0.4 is 4.74 Å². The Balaban J connectivity index is 2.06. The highest BCUT2D eigenvalue weighted by Crippen LogP contribution is 2.36. The normalized spacial score (nSPS) is 11.7. The zero-order valence-corrected chi connectivity index (χ0v) is 21.7. The molecular weight excluding hydrogens is 396 g/mol. The van der Waals surface area contributed by atoms with Gasteiger partial charge in [0.2, 0.25) is 0 Å². The minimum atomic E-state index is -0.203. The first-order valence-electron chi connectivity index (χ1n) is 13.3. The summed E-state index contributed by atoms with van der Waals surface area (Å²) >= 11 is 0. The number of ether oxygens (including phenoxy) is 1. The summed E-state index contributed by atoms with van der Waals surface area (Å²) in [6, 6.07) is 3.54. The van der Waals surface area contributed by atoms with Crippen molar-refractivity contribution in [2.45, 2.75) is 143 Å². The molecule has 184 valence electrons. The molecule has 1 N–H and O–H groups in total. The number of aromatic hydroxyl groups is 1. The van der Waals surface area contributed by atoms with Crippen LogP contribution in [-0.2, 0) is 10.2 Å². The summed E-state index contributed by atoms with van der Waals surface area (Å²) in [4.78, 5) is 12.2. The van der Waals surface area contributed by atoms with Crippen LogP contribution in [0.5, 0.6) is 11.5 Å². The Kier molecular flexibility index (Phi) is 14.4. The number of carbonyl (C=O) groups is 1. The minimum Gasteiger partial charge on any atom is -0.507 e. The average molecular weight is 447 g/mol. The van der Waals surface area contributed by atoms with Crippen LogP contribution in [0.4, 0.5) is 0 Å². The van der Waals surface area contributed by atoms with Crippen molar-refractivity contribution in [1.82, 2.24) is 0 Å². The van der Waals surface area contributed by atoms with Crippen molar-refractivity contribution in [3.63, 3.8) is 0 Å². The van der Waals surface area contributed by atoms with Gasteiger partial charge in [-0.25, -0.2) is 0 Å². The molecule has 0 spiro atoms. The second-order valence-corrected chi connectivity index (χ2v) is 10.6. The molecule has 0 radical (unpaired) electrons. The van der Waals surface area contributed by atoms with Crippen molar-refractivity contribution in [2.75, 3.05) is 0 Å². The minimum absolute atomic E-state index is 0.176. The van der Waals surface area contributed by atoms with E-state index in [1.807, 2.05) is 27.7 Å². The molecule has 1 aromatic carbocycles. The lowest BCUT2D eigenvalue weighted by Gasteiger charge is -2.22. The molecule has 0 unspecified atom stereocenters. The fourth-order valence-electron chi connectivity index (χ4n) is 4.20. The molecule has 0 bridgehead atoms. The fraction of sp³-hybridized carbons (Fsp3) is 0.759. The van der Waals surface area contributed by atoms with Crippen molar-refractivity contribution >= 4 is 5.97 Å². The topological polar surface area (TPSA) is 46.5 Å². The molecule has 0 aromatic heterocycles. The van der Waals surface area contributed by atoms with Crippen molar-refractivity contribution in [1.29, 1.82) is 0 Å². The molecule has 0 fully saturated rings. The predicted molar refractivity (Wildman–Crippen MR) is 137 cm³/mol. The molecule has 0 atom stereocenters. The summed E-state index contributed by atoms with van der Waals surface area (Å²) in [6.07, 6.45) is 20.2. The van der Waals surface area contributed by atoms with E-state index in [0.29, 0.717) is 17.9 Å². The van der Waals surface area contributed by atoms with Gasteiger partial charge in [0, 0.05) is 12.0 Å². The summed E-state index contributed by atoms with van der Waals surface area (Å²) < 4.78 is 5.56. The molecule has 1 rings (SSSR count). The average Bonchev–Trinajstić information content (AvgIpc) is 2.72. The molecule has 0 amide bonds. The molecule has 0 saturated heterocycles. The Morgan fingerprint density at radius 3 is 1.66 bits per heavy atom. The molecule has 0 aliphatic carbocycles. The highest BCUT2D eigenvalue weighted by molar-refractivity contribution is 5.72. The van der Waals surface area contributed by atoms with Crippen LogP contribution in [0.1, 0.15) is 142 Å². The van der Waals surface area contributed by atoms with Gasteiger partial charge in [0.05, 0.1) is 0 Å². The van der Waals surface area contributed by atoms with Crippen molar-refractivity contribution in [3.05, 3.63) is 23.3 Å². The van der Waals surface area contributed by atoms with E-state index in [-0.39, 0.29) is 11.4 Å². The van der Waals surface area contributed by atoms with Gasteiger partial charge in [-0.15, -0.1) is 0 Å². The molecule has 1 aromatic rings. The highest BCUT2D eigenvalue weighted by atomic mass is 16.5. The van der Waals surface area contributed by atoms with Crippen LogP contribution >= 0.6 is 0 Å². The van der Waals surface area contributed by atoms with Crippen molar-refractivity contribution in [3.8, 4) is 11.5 Å². The maximum atomic E-state index is 12.2. The third-order valence-corrected chi connectivity index (χ3v) is 6.30. The number of rotatable bonds is 17. The van der Waals surface area contributed by atoms with E-state index in [0.717, 1.165) is 24.0 Å². The monoisotopic (exact) mass is 446 g/mol. The maximum Gasteiger partial charge on any atom is 0.311 e. The quantitative estimate of drug-likeness (QED) is 0.147. The second kappa shape index (κ2) is 16.2. The number of phenols is 1. The van der Waals surface area contributed by atoms with Crippen LogP contribution in [0.15, 0.2) is 12.1 Å². The Morgan fingerprint density at radius 2 is 1.22 bits per heavy atom. The number of carbonyl (C=O) groups excluding carboxylic acids is 1. The highest BCUT2D eigenvalue weighted by Gasteiger charge is 2.21. The molecule has 0 aliphatic heterocycles.